The average molecular weight is 378 g/mol. The number of amides is 1. The number of halogens is 1. The zero-order valence-electron chi connectivity index (χ0n) is 14.1. The number of carbonyl (C=O) groups excluding carboxylic acids is 1. The van der Waals surface area contributed by atoms with E-state index in [1.54, 1.807) is 35.7 Å². The highest BCUT2D eigenvalue weighted by molar-refractivity contribution is 7.13. The van der Waals surface area contributed by atoms with Gasteiger partial charge < -0.3 is 5.32 Å². The van der Waals surface area contributed by atoms with Gasteiger partial charge >= 0.3 is 0 Å². The van der Waals surface area contributed by atoms with Gasteiger partial charge in [0, 0.05) is 18.3 Å². The lowest BCUT2D eigenvalue weighted by molar-refractivity contribution is 0.0946. The van der Waals surface area contributed by atoms with Gasteiger partial charge in [0.1, 0.15) is 11.5 Å². The van der Waals surface area contributed by atoms with Crippen molar-refractivity contribution in [3.63, 3.8) is 0 Å². The van der Waals surface area contributed by atoms with E-state index in [4.69, 9.17) is 0 Å². The Morgan fingerprint density at radius 1 is 1.15 bits per heavy atom. The summed E-state index contributed by atoms with van der Waals surface area (Å²) in [7, 11) is 0. The van der Waals surface area contributed by atoms with Crippen LogP contribution in [-0.4, -0.2) is 21.1 Å². The molecule has 0 bridgehead atoms. The Kier molecular flexibility index (Phi) is 4.76. The molecule has 0 saturated carbocycles. The summed E-state index contributed by atoms with van der Waals surface area (Å²) in [5, 5.41) is 11.7. The van der Waals surface area contributed by atoms with Crippen LogP contribution in [0.2, 0.25) is 0 Å². The highest BCUT2D eigenvalue weighted by Crippen LogP contribution is 2.25. The molecular formula is C20H15FN4OS. The van der Waals surface area contributed by atoms with Crippen molar-refractivity contribution in [2.75, 3.05) is 0 Å². The smallest absolute Gasteiger partial charge is 0.269 e. The van der Waals surface area contributed by atoms with Gasteiger partial charge in [0.2, 0.25) is 0 Å². The largest absolute Gasteiger partial charge is 0.347 e. The summed E-state index contributed by atoms with van der Waals surface area (Å²) in [6.45, 7) is 0.352. The van der Waals surface area contributed by atoms with Crippen LogP contribution in [0.25, 0.3) is 21.8 Å². The van der Waals surface area contributed by atoms with E-state index >= 15 is 0 Å². The fourth-order valence-electron chi connectivity index (χ4n) is 2.69. The molecule has 134 valence electrons. The summed E-state index contributed by atoms with van der Waals surface area (Å²) in [6, 6.07) is 15.4. The molecule has 3 aromatic heterocycles. The van der Waals surface area contributed by atoms with Crippen molar-refractivity contribution in [2.45, 2.75) is 6.54 Å². The van der Waals surface area contributed by atoms with E-state index in [-0.39, 0.29) is 11.7 Å². The number of rotatable bonds is 5. The summed E-state index contributed by atoms with van der Waals surface area (Å²) >= 11 is 1.60. The number of H-pyrrole nitrogens is 1. The van der Waals surface area contributed by atoms with Gasteiger partial charge in [-0.25, -0.2) is 4.39 Å². The Hall–Kier alpha value is -3.32. The lowest BCUT2D eigenvalue weighted by Crippen LogP contribution is -2.23. The van der Waals surface area contributed by atoms with Gasteiger partial charge in [0.05, 0.1) is 16.3 Å². The van der Waals surface area contributed by atoms with E-state index in [1.165, 1.54) is 12.1 Å². The van der Waals surface area contributed by atoms with Crippen LogP contribution in [0.5, 0.6) is 0 Å². The third-order valence-corrected chi connectivity index (χ3v) is 4.92. The summed E-state index contributed by atoms with van der Waals surface area (Å²) < 4.78 is 13.0. The van der Waals surface area contributed by atoms with Crippen molar-refractivity contribution in [2.24, 2.45) is 0 Å². The molecule has 7 heteroatoms. The predicted octanol–water partition coefficient (Wildman–Crippen LogP) is 4.27. The lowest BCUT2D eigenvalue weighted by Gasteiger charge is -2.08. The zero-order chi connectivity index (χ0) is 18.6. The van der Waals surface area contributed by atoms with Crippen molar-refractivity contribution < 1.29 is 9.18 Å². The second-order valence-corrected chi connectivity index (χ2v) is 6.79. The highest BCUT2D eigenvalue weighted by atomic mass is 32.1. The van der Waals surface area contributed by atoms with E-state index in [9.17, 15) is 9.18 Å². The molecule has 0 spiro atoms. The Morgan fingerprint density at radius 3 is 2.78 bits per heavy atom. The molecule has 0 saturated heterocycles. The van der Waals surface area contributed by atoms with Crippen molar-refractivity contribution in [1.29, 1.82) is 0 Å². The van der Waals surface area contributed by atoms with E-state index in [1.807, 2.05) is 29.6 Å². The molecular weight excluding hydrogens is 363 g/mol. The Balaban J connectivity index is 1.47. The number of nitrogens with zero attached hydrogens (tertiary/aromatic N) is 2. The molecule has 0 atom stereocenters. The third-order valence-electron chi connectivity index (χ3n) is 4.05. The number of nitrogens with one attached hydrogen (secondary N) is 2. The molecule has 0 aliphatic rings. The molecule has 5 nitrogen and oxygen atoms in total. The Morgan fingerprint density at radius 2 is 2.00 bits per heavy atom. The van der Waals surface area contributed by atoms with Gasteiger partial charge in [0.15, 0.2) is 0 Å². The van der Waals surface area contributed by atoms with Gasteiger partial charge in [-0.1, -0.05) is 12.1 Å². The minimum absolute atomic E-state index is 0.267. The molecule has 4 rings (SSSR count). The molecule has 0 aliphatic heterocycles. The van der Waals surface area contributed by atoms with Crippen molar-refractivity contribution >= 4 is 17.2 Å². The molecule has 3 heterocycles. The number of pyridine rings is 1. The minimum atomic E-state index is -0.315. The van der Waals surface area contributed by atoms with E-state index in [2.05, 4.69) is 20.5 Å². The first-order valence-corrected chi connectivity index (χ1v) is 9.16. The first-order valence-electron chi connectivity index (χ1n) is 8.28. The first kappa shape index (κ1) is 17.1. The fourth-order valence-corrected chi connectivity index (χ4v) is 3.45. The molecule has 0 aliphatic carbocycles. The first-order chi connectivity index (χ1) is 13.2. The van der Waals surface area contributed by atoms with Crippen LogP contribution in [-0.2, 0) is 6.54 Å². The SMILES string of the molecule is O=C(NCc1cccnc1-c1cccs1)c1cc(-c2ccc(F)cc2)n[nH]1. The van der Waals surface area contributed by atoms with E-state index in [0.717, 1.165) is 21.7 Å². The number of hydrogen-bond acceptors (Lipinski definition) is 4. The summed E-state index contributed by atoms with van der Waals surface area (Å²) in [6.07, 6.45) is 1.74. The van der Waals surface area contributed by atoms with Crippen LogP contribution in [0.3, 0.4) is 0 Å². The highest BCUT2D eigenvalue weighted by Gasteiger charge is 2.13. The topological polar surface area (TPSA) is 70.7 Å². The molecule has 0 radical (unpaired) electrons. The molecule has 1 aromatic carbocycles. The summed E-state index contributed by atoms with van der Waals surface area (Å²) in [4.78, 5) is 17.9. The summed E-state index contributed by atoms with van der Waals surface area (Å²) in [5.41, 5.74) is 3.46. The maximum atomic E-state index is 13.0. The van der Waals surface area contributed by atoms with Crippen LogP contribution in [0.4, 0.5) is 4.39 Å². The normalized spacial score (nSPS) is 10.7. The molecule has 1 amide bonds. The lowest BCUT2D eigenvalue weighted by atomic mass is 10.1. The van der Waals surface area contributed by atoms with Gasteiger partial charge in [-0.2, -0.15) is 5.10 Å². The van der Waals surface area contributed by atoms with Gasteiger partial charge in [-0.15, -0.1) is 11.3 Å². The number of thiophene rings is 1. The van der Waals surface area contributed by atoms with Crippen molar-refractivity contribution in [1.82, 2.24) is 20.5 Å². The van der Waals surface area contributed by atoms with Crippen LogP contribution in [0.15, 0.2) is 66.2 Å². The molecule has 0 unspecified atom stereocenters. The second-order valence-electron chi connectivity index (χ2n) is 5.84. The molecule has 27 heavy (non-hydrogen) atoms. The third kappa shape index (κ3) is 3.78. The maximum Gasteiger partial charge on any atom is 0.269 e. The van der Waals surface area contributed by atoms with Crippen LogP contribution >= 0.6 is 11.3 Å². The van der Waals surface area contributed by atoms with Crippen molar-refractivity contribution in [3.8, 4) is 21.8 Å². The second kappa shape index (κ2) is 7.51. The van der Waals surface area contributed by atoms with E-state index in [0.29, 0.717) is 17.9 Å². The monoisotopic (exact) mass is 378 g/mol. The average Bonchev–Trinajstić information content (AvgIpc) is 3.39. The summed E-state index contributed by atoms with van der Waals surface area (Å²) in [5.74, 6) is -0.581. The quantitative estimate of drug-likeness (QED) is 0.545. The van der Waals surface area contributed by atoms with Crippen molar-refractivity contribution in [3.05, 3.63) is 83.2 Å². The number of aromatic amines is 1. The van der Waals surface area contributed by atoms with Gasteiger partial charge in [-0.05, 0) is 53.4 Å². The number of benzene rings is 1. The van der Waals surface area contributed by atoms with Crippen LogP contribution in [0, 0.1) is 5.82 Å². The molecule has 2 N–H and O–H groups in total. The van der Waals surface area contributed by atoms with Gasteiger partial charge in [-0.3, -0.25) is 14.9 Å². The maximum absolute atomic E-state index is 13.0. The Labute approximate surface area is 158 Å². The predicted molar refractivity (Wildman–Crippen MR) is 103 cm³/mol. The van der Waals surface area contributed by atoms with Crippen LogP contribution < -0.4 is 5.32 Å². The molecule has 0 fully saturated rings. The van der Waals surface area contributed by atoms with E-state index < -0.39 is 0 Å². The number of hydrogen-bond donors (Lipinski definition) is 2. The number of aromatic nitrogens is 3. The minimum Gasteiger partial charge on any atom is -0.347 e. The number of carbonyl (C=O) groups is 1. The molecule has 4 aromatic rings. The van der Waals surface area contributed by atoms with Gasteiger partial charge in [0.25, 0.3) is 5.91 Å². The Bertz CT molecular complexity index is 1060. The zero-order valence-corrected chi connectivity index (χ0v) is 15.0. The fraction of sp³-hybridized carbons (Fsp3) is 0.0500. The van der Waals surface area contributed by atoms with Crippen LogP contribution in [0.1, 0.15) is 16.1 Å². The standard InChI is InChI=1S/C20H15FN4OS/c21-15-7-5-13(6-8-15)16-11-17(25-24-16)20(26)23-12-14-3-1-9-22-19(14)18-4-2-10-27-18/h1-11H,12H2,(H,23,26)(H,24,25).